The lowest BCUT2D eigenvalue weighted by molar-refractivity contribution is -0.110. The summed E-state index contributed by atoms with van der Waals surface area (Å²) in [7, 11) is 0. The van der Waals surface area contributed by atoms with Crippen molar-refractivity contribution in [2.75, 3.05) is 5.75 Å². The second-order valence-electron chi connectivity index (χ2n) is 2.13. The molecular formula is C9H9NOS. The van der Waals surface area contributed by atoms with Gasteiger partial charge in [0.1, 0.15) is 0 Å². The standard InChI is InChI=1S/C6H6.C3H3NOS/c1-2-4-6-5-3-1;5-3-1-4-6-2-3/h1-6H;1H,2H2. The summed E-state index contributed by atoms with van der Waals surface area (Å²) in [6.07, 6.45) is 1.35. The highest BCUT2D eigenvalue weighted by atomic mass is 32.2. The fraction of sp³-hybridized carbons (Fsp3) is 0.111. The first-order valence-corrected chi connectivity index (χ1v) is 4.52. The third kappa shape index (κ3) is 3.93. The SMILES string of the molecule is O=C1C=NSC1.c1ccccc1. The van der Waals surface area contributed by atoms with Gasteiger partial charge in [-0.1, -0.05) is 36.4 Å². The maximum atomic E-state index is 10.1. The smallest absolute Gasteiger partial charge is 0.186 e. The van der Waals surface area contributed by atoms with Crippen LogP contribution in [-0.2, 0) is 4.79 Å². The first kappa shape index (κ1) is 9.00. The molecule has 0 unspecified atom stereocenters. The Morgan fingerprint density at radius 1 is 1.08 bits per heavy atom. The van der Waals surface area contributed by atoms with Gasteiger partial charge in [-0.2, -0.15) is 0 Å². The van der Waals surface area contributed by atoms with Gasteiger partial charge in [0.15, 0.2) is 5.78 Å². The summed E-state index contributed by atoms with van der Waals surface area (Å²) in [6.45, 7) is 0. The number of benzene rings is 1. The Morgan fingerprint density at radius 2 is 1.58 bits per heavy atom. The van der Waals surface area contributed by atoms with Crippen LogP contribution < -0.4 is 0 Å². The fourth-order valence-corrected chi connectivity index (χ4v) is 1.09. The van der Waals surface area contributed by atoms with Crippen LogP contribution in [0.1, 0.15) is 0 Å². The summed E-state index contributed by atoms with van der Waals surface area (Å²) in [4.78, 5) is 10.1. The van der Waals surface area contributed by atoms with Crippen molar-refractivity contribution in [2.45, 2.75) is 0 Å². The van der Waals surface area contributed by atoms with Crippen LogP contribution in [0.2, 0.25) is 0 Å². The van der Waals surface area contributed by atoms with Gasteiger partial charge in [-0.3, -0.25) is 4.79 Å². The molecule has 0 fully saturated rings. The highest BCUT2D eigenvalue weighted by molar-refractivity contribution is 7.99. The molecular weight excluding hydrogens is 170 g/mol. The van der Waals surface area contributed by atoms with Crippen LogP contribution in [0.3, 0.4) is 0 Å². The number of nitrogens with zero attached hydrogens (tertiary/aromatic N) is 1. The molecule has 2 rings (SSSR count). The summed E-state index contributed by atoms with van der Waals surface area (Å²) >= 11 is 1.30. The van der Waals surface area contributed by atoms with Crippen LogP contribution >= 0.6 is 11.9 Å². The predicted molar refractivity (Wildman–Crippen MR) is 52.4 cm³/mol. The molecule has 0 spiro atoms. The zero-order valence-electron chi connectivity index (χ0n) is 6.51. The van der Waals surface area contributed by atoms with E-state index in [9.17, 15) is 4.79 Å². The summed E-state index contributed by atoms with van der Waals surface area (Å²) in [5.41, 5.74) is 0. The minimum Gasteiger partial charge on any atom is -0.292 e. The first-order chi connectivity index (χ1) is 5.89. The van der Waals surface area contributed by atoms with Gasteiger partial charge >= 0.3 is 0 Å². The quantitative estimate of drug-likeness (QED) is 0.570. The van der Waals surface area contributed by atoms with E-state index in [0.29, 0.717) is 5.75 Å². The molecule has 1 aromatic rings. The number of carbonyl (C=O) groups excluding carboxylic acids is 1. The fourth-order valence-electron chi connectivity index (χ4n) is 0.619. The molecule has 1 heterocycles. The number of hydrogen-bond donors (Lipinski definition) is 0. The Balaban J connectivity index is 0.000000120. The monoisotopic (exact) mass is 179 g/mol. The minimum absolute atomic E-state index is 0.125. The second-order valence-corrected chi connectivity index (χ2v) is 2.89. The van der Waals surface area contributed by atoms with Gasteiger partial charge in [0, 0.05) is 0 Å². The first-order valence-electron chi connectivity index (χ1n) is 3.58. The molecule has 0 aromatic heterocycles. The maximum Gasteiger partial charge on any atom is 0.186 e. The lowest BCUT2D eigenvalue weighted by Crippen LogP contribution is -1.93. The molecule has 1 aliphatic rings. The van der Waals surface area contributed by atoms with Crippen LogP contribution in [0, 0.1) is 0 Å². The van der Waals surface area contributed by atoms with Gasteiger partial charge < -0.3 is 0 Å². The highest BCUT2D eigenvalue weighted by Crippen LogP contribution is 2.05. The van der Waals surface area contributed by atoms with Crippen LogP contribution in [0.15, 0.2) is 40.8 Å². The van der Waals surface area contributed by atoms with E-state index in [-0.39, 0.29) is 5.78 Å². The molecule has 3 heteroatoms. The topological polar surface area (TPSA) is 29.4 Å². The van der Waals surface area contributed by atoms with Gasteiger partial charge in [-0.15, -0.1) is 0 Å². The van der Waals surface area contributed by atoms with Crippen molar-refractivity contribution in [3.8, 4) is 0 Å². The van der Waals surface area contributed by atoms with Crippen molar-refractivity contribution in [1.82, 2.24) is 0 Å². The molecule has 2 nitrogen and oxygen atoms in total. The molecule has 0 bridgehead atoms. The zero-order chi connectivity index (χ0) is 8.65. The third-order valence-electron chi connectivity index (χ3n) is 1.14. The normalized spacial score (nSPS) is 13.8. The molecule has 0 aliphatic carbocycles. The molecule has 62 valence electrons. The van der Waals surface area contributed by atoms with Crippen LogP contribution in [0.4, 0.5) is 0 Å². The molecule has 0 amide bonds. The Kier molecular flexibility index (Phi) is 4.16. The lowest BCUT2D eigenvalue weighted by Gasteiger charge is -1.69. The highest BCUT2D eigenvalue weighted by Gasteiger charge is 2.01. The van der Waals surface area contributed by atoms with E-state index in [1.165, 1.54) is 18.2 Å². The minimum atomic E-state index is 0.125. The number of Topliss-reactive ketones (excluding diaryl/α,β-unsaturated/α-hetero) is 1. The molecule has 0 radical (unpaired) electrons. The van der Waals surface area contributed by atoms with E-state index in [4.69, 9.17) is 0 Å². The van der Waals surface area contributed by atoms with E-state index in [1.807, 2.05) is 36.4 Å². The van der Waals surface area contributed by atoms with Crippen molar-refractivity contribution < 1.29 is 4.79 Å². The second kappa shape index (κ2) is 5.55. The van der Waals surface area contributed by atoms with Gasteiger partial charge in [-0.05, 0) is 11.9 Å². The van der Waals surface area contributed by atoms with E-state index in [2.05, 4.69) is 4.40 Å². The molecule has 0 saturated heterocycles. The predicted octanol–water partition coefficient (Wildman–Crippen LogP) is 1.97. The van der Waals surface area contributed by atoms with Crippen LogP contribution in [0.25, 0.3) is 0 Å². The number of carbonyl (C=O) groups is 1. The summed E-state index contributed by atoms with van der Waals surface area (Å²) in [6, 6.07) is 12.0. The Morgan fingerprint density at radius 3 is 1.75 bits per heavy atom. The van der Waals surface area contributed by atoms with Crippen molar-refractivity contribution in [2.24, 2.45) is 4.40 Å². The molecule has 0 atom stereocenters. The Hall–Kier alpha value is -1.09. The summed E-state index contributed by atoms with van der Waals surface area (Å²) < 4.78 is 3.61. The molecule has 12 heavy (non-hydrogen) atoms. The van der Waals surface area contributed by atoms with E-state index < -0.39 is 0 Å². The number of hydrogen-bond acceptors (Lipinski definition) is 3. The van der Waals surface area contributed by atoms with E-state index in [0.717, 1.165) is 0 Å². The van der Waals surface area contributed by atoms with Crippen LogP contribution in [-0.4, -0.2) is 17.8 Å². The van der Waals surface area contributed by atoms with Gasteiger partial charge in [0.05, 0.1) is 12.0 Å². The largest absolute Gasteiger partial charge is 0.292 e. The number of rotatable bonds is 0. The summed E-state index contributed by atoms with van der Waals surface area (Å²) in [5.74, 6) is 0.667. The molecule has 1 aliphatic heterocycles. The van der Waals surface area contributed by atoms with Gasteiger partial charge in [0.25, 0.3) is 0 Å². The van der Waals surface area contributed by atoms with Crippen molar-refractivity contribution in [3.63, 3.8) is 0 Å². The van der Waals surface area contributed by atoms with E-state index >= 15 is 0 Å². The molecule has 0 N–H and O–H groups in total. The summed E-state index contributed by atoms with van der Waals surface area (Å²) in [5, 5.41) is 0. The van der Waals surface area contributed by atoms with Crippen molar-refractivity contribution in [3.05, 3.63) is 36.4 Å². The van der Waals surface area contributed by atoms with Crippen LogP contribution in [0.5, 0.6) is 0 Å². The average molecular weight is 179 g/mol. The maximum absolute atomic E-state index is 10.1. The Labute approximate surface area is 75.8 Å². The van der Waals surface area contributed by atoms with Crippen molar-refractivity contribution in [1.29, 1.82) is 0 Å². The average Bonchev–Trinajstić information content (AvgIpc) is 2.60. The Bertz CT molecular complexity index is 232. The lowest BCUT2D eigenvalue weighted by atomic mass is 10.4. The van der Waals surface area contributed by atoms with Gasteiger partial charge in [-0.25, -0.2) is 4.40 Å². The third-order valence-corrected chi connectivity index (χ3v) is 1.81. The molecule has 1 aromatic carbocycles. The molecule has 0 saturated carbocycles. The number of ketones is 1. The van der Waals surface area contributed by atoms with Gasteiger partial charge in [0.2, 0.25) is 0 Å². The zero-order valence-corrected chi connectivity index (χ0v) is 7.33. The van der Waals surface area contributed by atoms with Crippen molar-refractivity contribution >= 4 is 23.9 Å². The van der Waals surface area contributed by atoms with E-state index in [1.54, 1.807) is 0 Å².